The lowest BCUT2D eigenvalue weighted by atomic mass is 10.2. The summed E-state index contributed by atoms with van der Waals surface area (Å²) in [6, 6.07) is 4.04. The molecule has 2 N–H and O–H groups in total. The van der Waals surface area contributed by atoms with E-state index in [1.165, 1.54) is 17.8 Å². The number of amides is 2. The maximum atomic E-state index is 12.1. The van der Waals surface area contributed by atoms with Crippen LogP contribution in [-0.4, -0.2) is 41.4 Å². The van der Waals surface area contributed by atoms with Gasteiger partial charge in [0.05, 0.1) is 22.6 Å². The Hall–Kier alpha value is -1.44. The molecule has 130 valence electrons. The first-order chi connectivity index (χ1) is 11.4. The van der Waals surface area contributed by atoms with Gasteiger partial charge in [-0.25, -0.2) is 4.79 Å². The predicted molar refractivity (Wildman–Crippen MR) is 94.5 cm³/mol. The molecule has 1 saturated heterocycles. The number of carbonyl (C=O) groups excluding carboxylic acids is 3. The van der Waals surface area contributed by atoms with Gasteiger partial charge in [0.15, 0.2) is 0 Å². The normalized spacial score (nSPS) is 20.2. The Morgan fingerprint density at radius 3 is 2.79 bits per heavy atom. The molecule has 9 heteroatoms. The molecule has 2 amide bonds. The zero-order chi connectivity index (χ0) is 17.7. The summed E-state index contributed by atoms with van der Waals surface area (Å²) < 4.78 is 4.88. The lowest BCUT2D eigenvalue weighted by Crippen LogP contribution is -2.51. The van der Waals surface area contributed by atoms with Gasteiger partial charge in [0.1, 0.15) is 6.04 Å². The second kappa shape index (κ2) is 8.60. The second-order valence-electron chi connectivity index (χ2n) is 5.01. The van der Waals surface area contributed by atoms with Gasteiger partial charge >= 0.3 is 5.97 Å². The Bertz CT molecular complexity index is 656. The Labute approximate surface area is 153 Å². The van der Waals surface area contributed by atoms with Crippen LogP contribution >= 0.6 is 35.0 Å². The van der Waals surface area contributed by atoms with Crippen LogP contribution in [0.15, 0.2) is 18.2 Å². The van der Waals surface area contributed by atoms with E-state index in [0.29, 0.717) is 21.5 Å². The van der Waals surface area contributed by atoms with Gasteiger partial charge < -0.3 is 15.4 Å². The third kappa shape index (κ3) is 5.03. The number of carbonyl (C=O) groups is 3. The van der Waals surface area contributed by atoms with Crippen LogP contribution in [-0.2, 0) is 19.1 Å². The zero-order valence-corrected chi connectivity index (χ0v) is 15.1. The van der Waals surface area contributed by atoms with E-state index in [1.807, 2.05) is 0 Å². The van der Waals surface area contributed by atoms with E-state index in [2.05, 4.69) is 10.6 Å². The van der Waals surface area contributed by atoms with Gasteiger partial charge in [-0.3, -0.25) is 9.59 Å². The van der Waals surface area contributed by atoms with Crippen molar-refractivity contribution in [2.75, 3.05) is 17.7 Å². The van der Waals surface area contributed by atoms with Crippen molar-refractivity contribution in [1.82, 2.24) is 5.32 Å². The van der Waals surface area contributed by atoms with E-state index in [0.717, 1.165) is 0 Å². The molecule has 0 saturated carbocycles. The van der Waals surface area contributed by atoms with E-state index >= 15 is 0 Å². The van der Waals surface area contributed by atoms with E-state index in [4.69, 9.17) is 27.9 Å². The summed E-state index contributed by atoms with van der Waals surface area (Å²) in [6.07, 6.45) is -0.0228. The van der Waals surface area contributed by atoms with Crippen molar-refractivity contribution in [1.29, 1.82) is 0 Å². The smallest absolute Gasteiger partial charge is 0.329 e. The van der Waals surface area contributed by atoms with Gasteiger partial charge in [0.2, 0.25) is 11.8 Å². The Morgan fingerprint density at radius 2 is 2.17 bits per heavy atom. The molecule has 1 heterocycles. The van der Waals surface area contributed by atoms with Crippen LogP contribution in [0.1, 0.15) is 13.3 Å². The fraction of sp³-hybridized carbons (Fsp3) is 0.400. The minimum absolute atomic E-state index is 0.0228. The average Bonchev–Trinajstić information content (AvgIpc) is 2.52. The number of halogens is 2. The summed E-state index contributed by atoms with van der Waals surface area (Å²) in [5.41, 5.74) is 0.427. The van der Waals surface area contributed by atoms with Crippen LogP contribution in [0.3, 0.4) is 0 Å². The number of benzene rings is 1. The molecule has 1 aromatic carbocycles. The Kier molecular flexibility index (Phi) is 6.77. The lowest BCUT2D eigenvalue weighted by Gasteiger charge is -2.27. The molecule has 0 spiro atoms. The molecular weight excluding hydrogens is 375 g/mol. The highest BCUT2D eigenvalue weighted by Gasteiger charge is 2.34. The number of ether oxygens (including phenoxy) is 1. The fourth-order valence-corrected chi connectivity index (χ4v) is 3.66. The number of thioether (sulfide) groups is 1. The first kappa shape index (κ1) is 18.9. The van der Waals surface area contributed by atoms with E-state index in [1.54, 1.807) is 19.1 Å². The number of hydrogen-bond acceptors (Lipinski definition) is 5. The molecule has 2 atom stereocenters. The maximum Gasteiger partial charge on any atom is 0.329 e. The number of hydrogen-bond donors (Lipinski definition) is 2. The summed E-state index contributed by atoms with van der Waals surface area (Å²) in [5.74, 6) is -0.804. The molecule has 24 heavy (non-hydrogen) atoms. The molecule has 0 unspecified atom stereocenters. The largest absolute Gasteiger partial charge is 0.464 e. The minimum Gasteiger partial charge on any atom is -0.464 e. The standard InChI is InChI=1S/C15H16Cl2N2O4S/c1-2-23-15(22)11-7-24-12(14(21)19-11)6-13(20)18-10-4-3-8(16)5-9(10)17/h3-5,11-12H,2,6-7H2,1H3,(H,18,20)(H,19,21)/t11-,12+/m1/s1. The van der Waals surface area contributed by atoms with Crippen molar-refractivity contribution in [3.05, 3.63) is 28.2 Å². The summed E-state index contributed by atoms with van der Waals surface area (Å²) >= 11 is 13.0. The SMILES string of the molecule is CCOC(=O)[C@H]1CS[C@@H](CC(=O)Nc2ccc(Cl)cc2Cl)C(=O)N1. The highest BCUT2D eigenvalue weighted by atomic mass is 35.5. The molecule has 0 aromatic heterocycles. The van der Waals surface area contributed by atoms with Crippen LogP contribution in [0.5, 0.6) is 0 Å². The topological polar surface area (TPSA) is 84.5 Å². The maximum absolute atomic E-state index is 12.1. The Balaban J connectivity index is 1.89. The number of rotatable bonds is 5. The molecule has 0 bridgehead atoms. The van der Waals surface area contributed by atoms with Crippen LogP contribution < -0.4 is 10.6 Å². The Morgan fingerprint density at radius 1 is 1.42 bits per heavy atom. The van der Waals surface area contributed by atoms with E-state index < -0.39 is 17.3 Å². The second-order valence-corrected chi connectivity index (χ2v) is 7.09. The molecule has 0 radical (unpaired) electrons. The fourth-order valence-electron chi connectivity index (χ4n) is 2.08. The minimum atomic E-state index is -0.674. The molecule has 6 nitrogen and oxygen atoms in total. The van der Waals surface area contributed by atoms with Gasteiger partial charge in [-0.15, -0.1) is 11.8 Å². The molecule has 1 fully saturated rings. The zero-order valence-electron chi connectivity index (χ0n) is 12.8. The summed E-state index contributed by atoms with van der Waals surface area (Å²) in [6.45, 7) is 1.95. The van der Waals surface area contributed by atoms with Crippen molar-refractivity contribution in [2.24, 2.45) is 0 Å². The van der Waals surface area contributed by atoms with Crippen molar-refractivity contribution in [2.45, 2.75) is 24.6 Å². The predicted octanol–water partition coefficient (Wildman–Crippen LogP) is 2.49. The van der Waals surface area contributed by atoms with Gasteiger partial charge in [-0.2, -0.15) is 0 Å². The molecule has 1 aliphatic heterocycles. The molecule has 2 rings (SSSR count). The number of esters is 1. The molecule has 0 aliphatic carbocycles. The van der Waals surface area contributed by atoms with E-state index in [-0.39, 0.29) is 24.8 Å². The highest BCUT2D eigenvalue weighted by Crippen LogP contribution is 2.27. The van der Waals surface area contributed by atoms with Crippen LogP contribution in [0.2, 0.25) is 10.0 Å². The van der Waals surface area contributed by atoms with E-state index in [9.17, 15) is 14.4 Å². The highest BCUT2D eigenvalue weighted by molar-refractivity contribution is 8.00. The van der Waals surface area contributed by atoms with Crippen molar-refractivity contribution in [3.8, 4) is 0 Å². The number of anilines is 1. The third-order valence-electron chi connectivity index (χ3n) is 3.22. The van der Waals surface area contributed by atoms with Gasteiger partial charge in [-0.1, -0.05) is 23.2 Å². The van der Waals surface area contributed by atoms with Crippen molar-refractivity contribution >= 4 is 58.4 Å². The van der Waals surface area contributed by atoms with Crippen molar-refractivity contribution < 1.29 is 19.1 Å². The monoisotopic (exact) mass is 390 g/mol. The van der Waals surface area contributed by atoms with Gasteiger partial charge in [-0.05, 0) is 25.1 Å². The van der Waals surface area contributed by atoms with Crippen LogP contribution in [0.25, 0.3) is 0 Å². The first-order valence-corrected chi connectivity index (χ1v) is 9.04. The quantitative estimate of drug-likeness (QED) is 0.754. The van der Waals surface area contributed by atoms with Crippen LogP contribution in [0, 0.1) is 0 Å². The first-order valence-electron chi connectivity index (χ1n) is 7.24. The van der Waals surface area contributed by atoms with Crippen molar-refractivity contribution in [3.63, 3.8) is 0 Å². The van der Waals surface area contributed by atoms with Crippen LogP contribution in [0.4, 0.5) is 5.69 Å². The summed E-state index contributed by atoms with van der Waals surface area (Å²) in [5, 5.41) is 5.44. The van der Waals surface area contributed by atoms with Gasteiger partial charge in [0.25, 0.3) is 0 Å². The third-order valence-corrected chi connectivity index (χ3v) is 5.08. The number of nitrogens with one attached hydrogen (secondary N) is 2. The summed E-state index contributed by atoms with van der Waals surface area (Å²) in [7, 11) is 0. The average molecular weight is 391 g/mol. The molecule has 1 aromatic rings. The van der Waals surface area contributed by atoms with Gasteiger partial charge in [0, 0.05) is 17.2 Å². The lowest BCUT2D eigenvalue weighted by molar-refractivity contribution is -0.146. The molecular formula is C15H16Cl2N2O4S. The molecule has 1 aliphatic rings. The summed E-state index contributed by atoms with van der Waals surface area (Å²) in [4.78, 5) is 35.8.